The lowest BCUT2D eigenvalue weighted by atomic mass is 10.00. The van der Waals surface area contributed by atoms with Crippen LogP contribution in [-0.2, 0) is 4.74 Å². The molecule has 1 aromatic heterocycles. The summed E-state index contributed by atoms with van der Waals surface area (Å²) in [5.74, 6) is -0.324. The Balaban J connectivity index is 2.13. The second kappa shape index (κ2) is 7.80. The lowest BCUT2D eigenvalue weighted by Crippen LogP contribution is -3.10. The Kier molecular flexibility index (Phi) is 5.68. The molecule has 1 aliphatic heterocycles. The number of aromatic nitrogens is 1. The summed E-state index contributed by atoms with van der Waals surface area (Å²) in [6.45, 7) is 6.40. The van der Waals surface area contributed by atoms with Crippen LogP contribution in [0.2, 0.25) is 5.02 Å². The van der Waals surface area contributed by atoms with Crippen LogP contribution in [0.1, 0.15) is 35.7 Å². The number of nitrogens with zero attached hydrogens (tertiary/aromatic N) is 2. The second-order valence-electron chi connectivity index (χ2n) is 7.11. The van der Waals surface area contributed by atoms with Crippen LogP contribution in [-0.4, -0.2) is 50.8 Å². The number of hydrogen-bond donors (Lipinski definition) is 1. The number of pyridine rings is 1. The van der Waals surface area contributed by atoms with Gasteiger partial charge in [-0.1, -0.05) is 11.6 Å². The molecule has 5 nitrogen and oxygen atoms in total. The molecule has 1 aromatic carbocycles. The van der Waals surface area contributed by atoms with Crippen LogP contribution in [0.4, 0.5) is 5.69 Å². The Morgan fingerprint density at radius 1 is 1.38 bits per heavy atom. The van der Waals surface area contributed by atoms with Crippen LogP contribution in [0.25, 0.3) is 10.9 Å². The topological polar surface area (TPSA) is 46.9 Å². The van der Waals surface area contributed by atoms with Gasteiger partial charge < -0.3 is 14.5 Å². The van der Waals surface area contributed by atoms with Gasteiger partial charge in [-0.2, -0.15) is 0 Å². The van der Waals surface area contributed by atoms with Crippen LogP contribution in [0, 0.1) is 6.92 Å². The quantitative estimate of drug-likeness (QED) is 0.833. The van der Waals surface area contributed by atoms with Gasteiger partial charge in [-0.05, 0) is 31.5 Å². The third-order valence-electron chi connectivity index (χ3n) is 5.40. The van der Waals surface area contributed by atoms with Gasteiger partial charge in [-0.3, -0.25) is 4.98 Å². The summed E-state index contributed by atoms with van der Waals surface area (Å²) < 4.78 is 5.29. The SMILES string of the molecule is CCOC(=O)c1cnc2c(C)c(Cl)ccc2c1N(C)C1CC[NH+](C)CC1. The normalized spacial score (nSPS) is 20.2. The van der Waals surface area contributed by atoms with E-state index in [0.717, 1.165) is 48.1 Å². The summed E-state index contributed by atoms with van der Waals surface area (Å²) in [7, 11) is 4.31. The predicted molar refractivity (Wildman–Crippen MR) is 105 cm³/mol. The summed E-state index contributed by atoms with van der Waals surface area (Å²) >= 11 is 6.29. The number of quaternary nitrogens is 1. The number of esters is 1. The Bertz CT molecular complexity index is 816. The van der Waals surface area contributed by atoms with Gasteiger partial charge in [-0.25, -0.2) is 4.79 Å². The number of benzene rings is 1. The highest BCUT2D eigenvalue weighted by molar-refractivity contribution is 6.32. The van der Waals surface area contributed by atoms with Crippen molar-refractivity contribution in [2.75, 3.05) is 38.7 Å². The molecule has 0 radical (unpaired) electrons. The maximum absolute atomic E-state index is 12.6. The van der Waals surface area contributed by atoms with E-state index in [9.17, 15) is 4.79 Å². The number of halogens is 1. The monoisotopic (exact) mass is 376 g/mol. The van der Waals surface area contributed by atoms with Gasteiger partial charge in [0.05, 0.1) is 37.9 Å². The molecule has 26 heavy (non-hydrogen) atoms. The lowest BCUT2D eigenvalue weighted by molar-refractivity contribution is -0.884. The van der Waals surface area contributed by atoms with Crippen molar-refractivity contribution in [2.24, 2.45) is 0 Å². The number of ether oxygens (including phenoxy) is 1. The van der Waals surface area contributed by atoms with Crippen LogP contribution in [0.15, 0.2) is 18.3 Å². The van der Waals surface area contributed by atoms with E-state index in [-0.39, 0.29) is 5.97 Å². The van der Waals surface area contributed by atoms with Crippen molar-refractivity contribution >= 4 is 34.2 Å². The average molecular weight is 377 g/mol. The Morgan fingerprint density at radius 3 is 2.73 bits per heavy atom. The lowest BCUT2D eigenvalue weighted by Gasteiger charge is -2.36. The van der Waals surface area contributed by atoms with Crippen molar-refractivity contribution in [3.63, 3.8) is 0 Å². The van der Waals surface area contributed by atoms with Crippen LogP contribution in [0.5, 0.6) is 0 Å². The number of rotatable bonds is 4. The van der Waals surface area contributed by atoms with Crippen molar-refractivity contribution < 1.29 is 14.4 Å². The Morgan fingerprint density at radius 2 is 2.08 bits per heavy atom. The zero-order valence-corrected chi connectivity index (χ0v) is 16.7. The zero-order chi connectivity index (χ0) is 18.8. The largest absolute Gasteiger partial charge is 0.462 e. The van der Waals surface area contributed by atoms with E-state index < -0.39 is 0 Å². The number of carbonyl (C=O) groups excluding carboxylic acids is 1. The number of anilines is 1. The minimum atomic E-state index is -0.324. The number of likely N-dealkylation sites (tertiary alicyclic amines) is 1. The molecule has 1 fully saturated rings. The number of hydrogen-bond acceptors (Lipinski definition) is 4. The highest BCUT2D eigenvalue weighted by atomic mass is 35.5. The van der Waals surface area contributed by atoms with Crippen molar-refractivity contribution in [3.8, 4) is 0 Å². The van der Waals surface area contributed by atoms with E-state index >= 15 is 0 Å². The molecule has 6 heteroatoms. The molecule has 0 aliphatic carbocycles. The molecule has 3 rings (SSSR count). The first-order valence-electron chi connectivity index (χ1n) is 9.23. The Labute approximate surface area is 159 Å². The smallest absolute Gasteiger partial charge is 0.341 e. The van der Waals surface area contributed by atoms with Gasteiger partial charge in [0.1, 0.15) is 5.56 Å². The van der Waals surface area contributed by atoms with Gasteiger partial charge in [0.2, 0.25) is 0 Å². The van der Waals surface area contributed by atoms with Gasteiger partial charge in [0, 0.05) is 42.5 Å². The fourth-order valence-corrected chi connectivity index (χ4v) is 3.92. The molecule has 140 valence electrons. The van der Waals surface area contributed by atoms with E-state index in [2.05, 4.69) is 24.0 Å². The van der Waals surface area contributed by atoms with Crippen LogP contribution >= 0.6 is 11.6 Å². The summed E-state index contributed by atoms with van der Waals surface area (Å²) in [6, 6.07) is 4.24. The molecule has 0 bridgehead atoms. The van der Waals surface area contributed by atoms with Crippen LogP contribution < -0.4 is 9.80 Å². The fourth-order valence-electron chi connectivity index (χ4n) is 3.77. The maximum Gasteiger partial charge on any atom is 0.341 e. The maximum atomic E-state index is 12.6. The number of piperidine rings is 1. The fraction of sp³-hybridized carbons (Fsp3) is 0.500. The molecule has 1 aliphatic rings. The van der Waals surface area contributed by atoms with Gasteiger partial charge in [-0.15, -0.1) is 0 Å². The molecule has 0 spiro atoms. The zero-order valence-electron chi connectivity index (χ0n) is 15.9. The van der Waals surface area contributed by atoms with E-state index in [1.165, 1.54) is 0 Å². The first-order valence-corrected chi connectivity index (χ1v) is 9.60. The average Bonchev–Trinajstić information content (AvgIpc) is 2.64. The molecule has 0 atom stereocenters. The van der Waals surface area contributed by atoms with Crippen molar-refractivity contribution in [2.45, 2.75) is 32.7 Å². The minimum absolute atomic E-state index is 0.324. The van der Waals surface area contributed by atoms with E-state index in [4.69, 9.17) is 16.3 Å². The Hall–Kier alpha value is -1.85. The standard InChI is InChI=1S/C20H26ClN3O2/c1-5-26-20(25)16-12-22-18-13(2)17(21)7-6-15(18)19(16)24(4)14-8-10-23(3)11-9-14/h6-7,12,14H,5,8-11H2,1-4H3/p+1. The second-order valence-corrected chi connectivity index (χ2v) is 7.52. The molecule has 2 heterocycles. The minimum Gasteiger partial charge on any atom is -0.462 e. The van der Waals surface area contributed by atoms with Gasteiger partial charge >= 0.3 is 5.97 Å². The number of nitrogens with one attached hydrogen (secondary N) is 1. The van der Waals surface area contributed by atoms with Crippen LogP contribution in [0.3, 0.4) is 0 Å². The number of fused-ring (bicyclic) bond motifs is 1. The van der Waals surface area contributed by atoms with Crippen molar-refractivity contribution in [3.05, 3.63) is 34.5 Å². The molecular formula is C20H27ClN3O2+. The summed E-state index contributed by atoms with van der Waals surface area (Å²) in [5.41, 5.74) is 3.20. The molecule has 0 unspecified atom stereocenters. The molecule has 0 saturated carbocycles. The van der Waals surface area contributed by atoms with Crippen molar-refractivity contribution in [1.82, 2.24) is 4.98 Å². The van der Waals surface area contributed by atoms with E-state index in [1.807, 2.05) is 26.0 Å². The highest BCUT2D eigenvalue weighted by Crippen LogP contribution is 2.35. The first-order chi connectivity index (χ1) is 12.4. The summed E-state index contributed by atoms with van der Waals surface area (Å²) in [5, 5.41) is 1.64. The van der Waals surface area contributed by atoms with Gasteiger partial charge in [0.25, 0.3) is 0 Å². The third-order valence-corrected chi connectivity index (χ3v) is 5.81. The molecule has 1 saturated heterocycles. The number of aryl methyl sites for hydroxylation is 1. The highest BCUT2D eigenvalue weighted by Gasteiger charge is 2.28. The van der Waals surface area contributed by atoms with E-state index in [1.54, 1.807) is 11.1 Å². The summed E-state index contributed by atoms with van der Waals surface area (Å²) in [4.78, 5) is 20.9. The predicted octanol–water partition coefficient (Wildman–Crippen LogP) is 2.49. The van der Waals surface area contributed by atoms with E-state index in [0.29, 0.717) is 23.2 Å². The van der Waals surface area contributed by atoms with Gasteiger partial charge in [0.15, 0.2) is 0 Å². The molecular weight excluding hydrogens is 350 g/mol. The summed E-state index contributed by atoms with van der Waals surface area (Å²) in [6.07, 6.45) is 3.83. The number of carbonyl (C=O) groups is 1. The third kappa shape index (κ3) is 3.51. The molecule has 0 amide bonds. The first kappa shape index (κ1) is 18.9. The molecule has 2 aromatic rings. The van der Waals surface area contributed by atoms with Crippen molar-refractivity contribution in [1.29, 1.82) is 0 Å². The molecule has 1 N–H and O–H groups in total.